The first-order chi connectivity index (χ1) is 14.5. The molecule has 0 fully saturated rings. The molecule has 6 heteroatoms. The lowest BCUT2D eigenvalue weighted by molar-refractivity contribution is -0.137. The van der Waals surface area contributed by atoms with Crippen LogP contribution in [0.1, 0.15) is 62.3 Å². The number of fused-ring (bicyclic) bond motifs is 1. The van der Waals surface area contributed by atoms with E-state index in [2.05, 4.69) is 38.7 Å². The van der Waals surface area contributed by atoms with Gasteiger partial charge in [0, 0.05) is 29.4 Å². The standard InChI is InChI=1S/C25H27F3N2O/c1-6-30-22-13-23(31-5)18(12-21(22)16(2)14-24(30,3)4)11-19(15-29)17-7-9-20(10-8-17)25(26,27)28/h7-13,16H,6,14H2,1-5H3/b19-11+. The quantitative estimate of drug-likeness (QED) is 0.393. The molecule has 1 aliphatic rings. The van der Waals surface area contributed by atoms with E-state index in [4.69, 9.17) is 4.74 Å². The van der Waals surface area contributed by atoms with Crippen molar-refractivity contribution in [3.05, 3.63) is 58.7 Å². The van der Waals surface area contributed by atoms with Crippen LogP contribution in [0.3, 0.4) is 0 Å². The summed E-state index contributed by atoms with van der Waals surface area (Å²) < 4.78 is 44.2. The van der Waals surface area contributed by atoms with Crippen LogP contribution in [-0.4, -0.2) is 19.2 Å². The smallest absolute Gasteiger partial charge is 0.416 e. The lowest BCUT2D eigenvalue weighted by atomic mass is 9.79. The normalized spacial score (nSPS) is 18.4. The Morgan fingerprint density at radius 1 is 1.26 bits per heavy atom. The summed E-state index contributed by atoms with van der Waals surface area (Å²) in [6, 6.07) is 10.8. The topological polar surface area (TPSA) is 36.3 Å². The number of methoxy groups -OCH3 is 1. The molecule has 3 nitrogen and oxygen atoms in total. The van der Waals surface area contributed by atoms with Gasteiger partial charge in [-0.1, -0.05) is 19.1 Å². The molecule has 2 aromatic carbocycles. The SMILES string of the molecule is CCN1c2cc(OC)c(/C=C(\C#N)c3ccc(C(F)(F)F)cc3)cc2C(C)CC1(C)C. The summed E-state index contributed by atoms with van der Waals surface area (Å²) >= 11 is 0. The Balaban J connectivity index is 2.09. The van der Waals surface area contributed by atoms with Crippen LogP contribution in [0.5, 0.6) is 5.75 Å². The van der Waals surface area contributed by atoms with Gasteiger partial charge in [-0.3, -0.25) is 0 Å². The second-order valence-corrected chi connectivity index (χ2v) is 8.56. The van der Waals surface area contributed by atoms with Crippen LogP contribution in [0.2, 0.25) is 0 Å². The van der Waals surface area contributed by atoms with Gasteiger partial charge in [-0.25, -0.2) is 0 Å². The molecule has 0 aromatic heterocycles. The number of nitriles is 1. The van der Waals surface area contributed by atoms with Crippen molar-refractivity contribution in [3.8, 4) is 11.8 Å². The minimum atomic E-state index is -4.41. The summed E-state index contributed by atoms with van der Waals surface area (Å²) in [4.78, 5) is 2.36. The molecule has 0 saturated carbocycles. The maximum Gasteiger partial charge on any atom is 0.416 e. The van der Waals surface area contributed by atoms with E-state index in [1.54, 1.807) is 13.2 Å². The van der Waals surface area contributed by atoms with Crippen LogP contribution in [0.15, 0.2) is 36.4 Å². The molecular weight excluding hydrogens is 401 g/mol. The van der Waals surface area contributed by atoms with Crippen LogP contribution in [0.4, 0.5) is 18.9 Å². The zero-order valence-electron chi connectivity index (χ0n) is 18.5. The number of benzene rings is 2. The third kappa shape index (κ3) is 4.41. The molecule has 0 amide bonds. The third-order valence-corrected chi connectivity index (χ3v) is 6.00. The number of alkyl halides is 3. The van der Waals surface area contributed by atoms with Crippen molar-refractivity contribution in [1.29, 1.82) is 5.26 Å². The number of halogens is 3. The molecule has 1 aliphatic heterocycles. The first-order valence-electron chi connectivity index (χ1n) is 10.3. The summed E-state index contributed by atoms with van der Waals surface area (Å²) in [5.74, 6) is 0.948. The predicted molar refractivity (Wildman–Crippen MR) is 118 cm³/mol. The Morgan fingerprint density at radius 3 is 2.42 bits per heavy atom. The Labute approximate surface area is 181 Å². The third-order valence-electron chi connectivity index (χ3n) is 6.00. The molecule has 1 unspecified atom stereocenters. The van der Waals surface area contributed by atoms with E-state index < -0.39 is 11.7 Å². The monoisotopic (exact) mass is 428 g/mol. The number of rotatable bonds is 4. The molecule has 164 valence electrons. The minimum absolute atomic E-state index is 0.0155. The lowest BCUT2D eigenvalue weighted by Crippen LogP contribution is -2.48. The Kier molecular flexibility index (Phi) is 6.09. The fourth-order valence-corrected chi connectivity index (χ4v) is 4.59. The van der Waals surface area contributed by atoms with Crippen molar-refractivity contribution in [2.45, 2.75) is 51.7 Å². The van der Waals surface area contributed by atoms with E-state index in [0.717, 1.165) is 36.3 Å². The minimum Gasteiger partial charge on any atom is -0.496 e. The van der Waals surface area contributed by atoms with Gasteiger partial charge < -0.3 is 9.64 Å². The number of nitrogens with zero attached hydrogens (tertiary/aromatic N) is 2. The number of hydrogen-bond donors (Lipinski definition) is 0. The lowest BCUT2D eigenvalue weighted by Gasteiger charge is -2.47. The summed E-state index contributed by atoms with van der Waals surface area (Å²) in [7, 11) is 1.58. The van der Waals surface area contributed by atoms with Crippen molar-refractivity contribution >= 4 is 17.3 Å². The van der Waals surface area contributed by atoms with E-state index >= 15 is 0 Å². The molecule has 0 N–H and O–H groups in total. The number of ether oxygens (including phenoxy) is 1. The highest BCUT2D eigenvalue weighted by molar-refractivity contribution is 5.91. The number of anilines is 1. The summed E-state index contributed by atoms with van der Waals surface area (Å²) in [5.41, 5.74) is 3.02. The van der Waals surface area contributed by atoms with Gasteiger partial charge in [-0.05, 0) is 68.5 Å². The van der Waals surface area contributed by atoms with E-state index in [1.807, 2.05) is 12.1 Å². The molecule has 1 atom stereocenters. The maximum absolute atomic E-state index is 12.9. The molecule has 0 bridgehead atoms. The zero-order valence-corrected chi connectivity index (χ0v) is 18.5. The van der Waals surface area contributed by atoms with E-state index in [9.17, 15) is 18.4 Å². The highest BCUT2D eigenvalue weighted by Crippen LogP contribution is 2.46. The van der Waals surface area contributed by atoms with Crippen LogP contribution >= 0.6 is 0 Å². The average molecular weight is 428 g/mol. The second-order valence-electron chi connectivity index (χ2n) is 8.56. The van der Waals surface area contributed by atoms with Gasteiger partial charge in [-0.2, -0.15) is 18.4 Å². The van der Waals surface area contributed by atoms with E-state index in [0.29, 0.717) is 17.2 Å². The fourth-order valence-electron chi connectivity index (χ4n) is 4.59. The first kappa shape index (κ1) is 22.7. The highest BCUT2D eigenvalue weighted by Gasteiger charge is 2.36. The van der Waals surface area contributed by atoms with Crippen molar-refractivity contribution in [2.75, 3.05) is 18.6 Å². The van der Waals surface area contributed by atoms with Gasteiger partial charge in [-0.15, -0.1) is 0 Å². The molecule has 0 spiro atoms. The van der Waals surface area contributed by atoms with Crippen molar-refractivity contribution in [2.24, 2.45) is 0 Å². The van der Waals surface area contributed by atoms with Gasteiger partial charge in [0.05, 0.1) is 24.3 Å². The van der Waals surface area contributed by atoms with Crippen molar-refractivity contribution in [3.63, 3.8) is 0 Å². The molecule has 2 aromatic rings. The molecular formula is C25H27F3N2O. The van der Waals surface area contributed by atoms with Crippen LogP contribution in [0.25, 0.3) is 11.6 Å². The first-order valence-corrected chi connectivity index (χ1v) is 10.3. The fraction of sp³-hybridized carbons (Fsp3) is 0.400. The zero-order chi connectivity index (χ0) is 23.0. The van der Waals surface area contributed by atoms with Crippen molar-refractivity contribution in [1.82, 2.24) is 0 Å². The molecule has 0 saturated heterocycles. The maximum atomic E-state index is 12.9. The van der Waals surface area contributed by atoms with Gasteiger partial charge in [0.1, 0.15) is 5.75 Å². The predicted octanol–water partition coefficient (Wildman–Crippen LogP) is 6.89. The van der Waals surface area contributed by atoms with Crippen molar-refractivity contribution < 1.29 is 17.9 Å². The van der Waals surface area contributed by atoms with E-state index in [1.165, 1.54) is 17.7 Å². The second kappa shape index (κ2) is 8.30. The molecule has 0 radical (unpaired) electrons. The van der Waals surface area contributed by atoms with Crippen LogP contribution in [-0.2, 0) is 6.18 Å². The van der Waals surface area contributed by atoms with Gasteiger partial charge >= 0.3 is 6.18 Å². The molecule has 3 rings (SSSR count). The van der Waals surface area contributed by atoms with Crippen LogP contribution in [0, 0.1) is 11.3 Å². The Morgan fingerprint density at radius 2 is 1.90 bits per heavy atom. The van der Waals surface area contributed by atoms with Gasteiger partial charge in [0.15, 0.2) is 0 Å². The van der Waals surface area contributed by atoms with Gasteiger partial charge in [0.25, 0.3) is 0 Å². The summed E-state index contributed by atoms with van der Waals surface area (Å²) in [6.45, 7) is 9.64. The van der Waals surface area contributed by atoms with Gasteiger partial charge in [0.2, 0.25) is 0 Å². The largest absolute Gasteiger partial charge is 0.496 e. The number of allylic oxidation sites excluding steroid dienone is 1. The summed E-state index contributed by atoms with van der Waals surface area (Å²) in [5, 5.41) is 9.68. The molecule has 31 heavy (non-hydrogen) atoms. The summed E-state index contributed by atoms with van der Waals surface area (Å²) in [6.07, 6.45) is -1.73. The molecule has 1 heterocycles. The Bertz CT molecular complexity index is 1030. The van der Waals surface area contributed by atoms with Crippen LogP contribution < -0.4 is 9.64 Å². The average Bonchev–Trinajstić information content (AvgIpc) is 2.70. The molecule has 0 aliphatic carbocycles. The Hall–Kier alpha value is -2.94. The highest BCUT2D eigenvalue weighted by atomic mass is 19.4. The number of hydrogen-bond acceptors (Lipinski definition) is 3. The van der Waals surface area contributed by atoms with E-state index in [-0.39, 0.29) is 11.1 Å².